The van der Waals surface area contributed by atoms with Crippen LogP contribution in [-0.2, 0) is 4.79 Å². The number of aromatic nitrogens is 2. The van der Waals surface area contributed by atoms with Crippen molar-refractivity contribution in [1.29, 1.82) is 0 Å². The van der Waals surface area contributed by atoms with Gasteiger partial charge in [-0.3, -0.25) is 9.69 Å². The summed E-state index contributed by atoms with van der Waals surface area (Å²) in [6.45, 7) is 6.28. The van der Waals surface area contributed by atoms with E-state index < -0.39 is 0 Å². The van der Waals surface area contributed by atoms with Gasteiger partial charge < -0.3 is 4.90 Å². The lowest BCUT2D eigenvalue weighted by Gasteiger charge is -2.31. The van der Waals surface area contributed by atoms with Gasteiger partial charge in [0.05, 0.1) is 18.4 Å². The Hall–Kier alpha value is -2.40. The number of piperidine rings is 1. The smallest absolute Gasteiger partial charge is 0.236 e. The highest BCUT2D eigenvalue weighted by atomic mass is 16.2. The van der Waals surface area contributed by atoms with Crippen molar-refractivity contribution in [3.63, 3.8) is 0 Å². The Labute approximate surface area is 161 Å². The van der Waals surface area contributed by atoms with Crippen LogP contribution in [-0.4, -0.2) is 58.2 Å². The molecule has 1 saturated heterocycles. The van der Waals surface area contributed by atoms with Crippen LogP contribution in [0.2, 0.25) is 0 Å². The van der Waals surface area contributed by atoms with Crippen LogP contribution < -0.4 is 0 Å². The molecule has 5 nitrogen and oxygen atoms in total. The number of carbonyl (C=O) groups is 1. The summed E-state index contributed by atoms with van der Waals surface area (Å²) < 4.78 is 1.93. The predicted molar refractivity (Wildman–Crippen MR) is 108 cm³/mol. The number of hydrogen-bond acceptors (Lipinski definition) is 3. The van der Waals surface area contributed by atoms with E-state index in [1.807, 2.05) is 15.8 Å². The summed E-state index contributed by atoms with van der Waals surface area (Å²) in [5, 5.41) is 4.52. The molecule has 27 heavy (non-hydrogen) atoms. The molecule has 2 aromatic rings. The van der Waals surface area contributed by atoms with Gasteiger partial charge in [-0.1, -0.05) is 23.8 Å². The molecule has 5 heteroatoms. The average molecular weight is 364 g/mol. The van der Waals surface area contributed by atoms with Gasteiger partial charge in [0.1, 0.15) is 0 Å². The second kappa shape index (κ2) is 8.09. The molecule has 0 bridgehead atoms. The van der Waals surface area contributed by atoms with Crippen LogP contribution in [0, 0.1) is 6.92 Å². The Morgan fingerprint density at radius 1 is 1.07 bits per heavy atom. The maximum Gasteiger partial charge on any atom is 0.236 e. The second-order valence-electron chi connectivity index (χ2n) is 7.67. The monoisotopic (exact) mass is 364 g/mol. The van der Waals surface area contributed by atoms with Gasteiger partial charge in [0.15, 0.2) is 0 Å². The van der Waals surface area contributed by atoms with Crippen LogP contribution >= 0.6 is 0 Å². The largest absolute Gasteiger partial charge is 0.342 e. The molecule has 0 saturated carbocycles. The molecular formula is C22H28N4O. The van der Waals surface area contributed by atoms with E-state index in [4.69, 9.17) is 0 Å². The summed E-state index contributed by atoms with van der Waals surface area (Å²) in [6.07, 6.45) is 10.8. The fourth-order valence-electron chi connectivity index (χ4n) is 3.88. The van der Waals surface area contributed by atoms with Gasteiger partial charge in [0, 0.05) is 37.9 Å². The first-order chi connectivity index (χ1) is 13.2. The number of amides is 1. The van der Waals surface area contributed by atoms with Gasteiger partial charge >= 0.3 is 0 Å². The molecule has 4 rings (SSSR count). The normalized spacial score (nSPS) is 18.4. The summed E-state index contributed by atoms with van der Waals surface area (Å²) in [5.41, 5.74) is 4.84. The van der Waals surface area contributed by atoms with Crippen molar-refractivity contribution in [3.8, 4) is 5.69 Å². The van der Waals surface area contributed by atoms with E-state index in [1.54, 1.807) is 0 Å². The fraction of sp³-hybridized carbons (Fsp3) is 0.455. The third-order valence-corrected chi connectivity index (χ3v) is 5.61. The number of rotatable bonds is 4. The molecule has 1 amide bonds. The maximum atomic E-state index is 12.5. The molecular weight excluding hydrogens is 336 g/mol. The number of hydrogen-bond donors (Lipinski definition) is 0. The van der Waals surface area contributed by atoms with Crippen molar-refractivity contribution >= 4 is 11.5 Å². The molecule has 0 unspecified atom stereocenters. The molecule has 0 radical (unpaired) electrons. The van der Waals surface area contributed by atoms with Crippen molar-refractivity contribution in [3.05, 3.63) is 53.9 Å². The summed E-state index contributed by atoms with van der Waals surface area (Å²) in [7, 11) is 0. The molecule has 0 N–H and O–H groups in total. The minimum absolute atomic E-state index is 0.291. The lowest BCUT2D eigenvalue weighted by Crippen LogP contribution is -2.43. The van der Waals surface area contributed by atoms with E-state index >= 15 is 0 Å². The van der Waals surface area contributed by atoms with Crippen LogP contribution in [0.5, 0.6) is 0 Å². The van der Waals surface area contributed by atoms with Crippen LogP contribution in [0.1, 0.15) is 36.8 Å². The van der Waals surface area contributed by atoms with Crippen molar-refractivity contribution in [1.82, 2.24) is 19.6 Å². The van der Waals surface area contributed by atoms with Gasteiger partial charge in [-0.15, -0.1) is 0 Å². The molecule has 1 aromatic heterocycles. The Morgan fingerprint density at radius 2 is 1.85 bits per heavy atom. The van der Waals surface area contributed by atoms with Crippen LogP contribution in [0.25, 0.3) is 11.3 Å². The van der Waals surface area contributed by atoms with Gasteiger partial charge in [-0.05, 0) is 50.3 Å². The van der Waals surface area contributed by atoms with Gasteiger partial charge in [0.25, 0.3) is 0 Å². The van der Waals surface area contributed by atoms with E-state index in [0.29, 0.717) is 12.5 Å². The van der Waals surface area contributed by atoms with Crippen LogP contribution in [0.3, 0.4) is 0 Å². The van der Waals surface area contributed by atoms with E-state index in [2.05, 4.69) is 53.5 Å². The van der Waals surface area contributed by atoms with Crippen molar-refractivity contribution in [2.75, 3.05) is 32.7 Å². The topological polar surface area (TPSA) is 41.4 Å². The van der Waals surface area contributed by atoms with Crippen LogP contribution in [0.15, 0.2) is 42.7 Å². The maximum absolute atomic E-state index is 12.5. The first-order valence-electron chi connectivity index (χ1n) is 10.0. The quantitative estimate of drug-likeness (QED) is 0.836. The Balaban J connectivity index is 1.36. The first kappa shape index (κ1) is 18.0. The number of benzene rings is 1. The SMILES string of the molecule is Cc1ccc(-n2cc(C3=CCN(CC(=O)N4CCCCC4)CC3)cn2)cc1. The van der Waals surface area contributed by atoms with E-state index in [9.17, 15) is 4.79 Å². The Bertz CT molecular complexity index is 815. The van der Waals surface area contributed by atoms with Crippen molar-refractivity contribution < 1.29 is 4.79 Å². The zero-order valence-electron chi connectivity index (χ0n) is 16.1. The second-order valence-corrected chi connectivity index (χ2v) is 7.67. The molecule has 3 heterocycles. The molecule has 2 aliphatic rings. The number of carbonyl (C=O) groups excluding carboxylic acids is 1. The minimum Gasteiger partial charge on any atom is -0.342 e. The third-order valence-electron chi connectivity index (χ3n) is 5.61. The molecule has 1 fully saturated rings. The van der Waals surface area contributed by atoms with E-state index in [0.717, 1.165) is 51.1 Å². The number of aryl methyl sites for hydroxylation is 1. The van der Waals surface area contributed by atoms with Gasteiger partial charge in [0.2, 0.25) is 5.91 Å². The fourth-order valence-corrected chi connectivity index (χ4v) is 3.88. The summed E-state index contributed by atoms with van der Waals surface area (Å²) in [6, 6.07) is 8.40. The standard InChI is InChI=1S/C22H28N4O/c1-18-5-7-21(8-6-18)26-16-20(15-23-26)19-9-13-24(14-10-19)17-22(27)25-11-3-2-4-12-25/h5-9,15-16H,2-4,10-14,17H2,1H3. The Morgan fingerprint density at radius 3 is 2.56 bits per heavy atom. The van der Waals surface area contributed by atoms with Crippen molar-refractivity contribution in [2.45, 2.75) is 32.6 Å². The Kier molecular flexibility index (Phi) is 5.39. The van der Waals surface area contributed by atoms with E-state index in [1.165, 1.54) is 23.1 Å². The lowest BCUT2D eigenvalue weighted by molar-refractivity contribution is -0.133. The number of likely N-dealkylation sites (tertiary alicyclic amines) is 1. The van der Waals surface area contributed by atoms with Gasteiger partial charge in [-0.2, -0.15) is 5.10 Å². The molecule has 0 atom stereocenters. The van der Waals surface area contributed by atoms with Gasteiger partial charge in [-0.25, -0.2) is 4.68 Å². The lowest BCUT2D eigenvalue weighted by atomic mass is 10.0. The zero-order chi connectivity index (χ0) is 18.6. The third kappa shape index (κ3) is 4.30. The molecule has 0 spiro atoms. The predicted octanol–water partition coefficient (Wildman–Crippen LogP) is 3.28. The molecule has 142 valence electrons. The molecule has 1 aromatic carbocycles. The summed E-state index contributed by atoms with van der Waals surface area (Å²) in [4.78, 5) is 16.7. The average Bonchev–Trinajstić information content (AvgIpc) is 3.20. The first-order valence-corrected chi connectivity index (χ1v) is 10.0. The van der Waals surface area contributed by atoms with Crippen LogP contribution in [0.4, 0.5) is 0 Å². The highest BCUT2D eigenvalue weighted by Crippen LogP contribution is 2.23. The minimum atomic E-state index is 0.291. The summed E-state index contributed by atoms with van der Waals surface area (Å²) in [5.74, 6) is 0.291. The molecule has 2 aliphatic heterocycles. The zero-order valence-corrected chi connectivity index (χ0v) is 16.1. The highest BCUT2D eigenvalue weighted by molar-refractivity contribution is 5.78. The van der Waals surface area contributed by atoms with E-state index in [-0.39, 0.29) is 0 Å². The number of nitrogens with zero attached hydrogens (tertiary/aromatic N) is 4. The summed E-state index contributed by atoms with van der Waals surface area (Å²) >= 11 is 0. The highest BCUT2D eigenvalue weighted by Gasteiger charge is 2.21. The van der Waals surface area contributed by atoms with Crippen molar-refractivity contribution in [2.24, 2.45) is 0 Å². The molecule has 0 aliphatic carbocycles.